The van der Waals surface area contributed by atoms with E-state index in [0.29, 0.717) is 5.92 Å². The maximum Gasteiger partial charge on any atom is 0.0687 e. The minimum Gasteiger partial charge on any atom is -0.258 e. The highest BCUT2D eigenvalue weighted by Crippen LogP contribution is 2.43. The van der Waals surface area contributed by atoms with Gasteiger partial charge in [-0.1, -0.05) is 18.2 Å². The summed E-state index contributed by atoms with van der Waals surface area (Å²) in [6.07, 6.45) is 5.98. The van der Waals surface area contributed by atoms with Crippen molar-refractivity contribution >= 4 is 21.6 Å². The molecule has 0 N–H and O–H groups in total. The van der Waals surface area contributed by atoms with Gasteiger partial charge in [-0.15, -0.1) is 0 Å². The monoisotopic (exact) mass is 200 g/mol. The summed E-state index contributed by atoms with van der Waals surface area (Å²) in [6, 6.07) is 0. The topological polar surface area (TPSA) is 34.1 Å². The molecular weight excluding hydrogens is 192 g/mol. The zero-order chi connectivity index (χ0) is 8.29. The van der Waals surface area contributed by atoms with Crippen LogP contribution < -0.4 is 0 Å². The Morgan fingerprint density at radius 2 is 1.75 bits per heavy atom. The van der Waals surface area contributed by atoms with E-state index in [1.54, 1.807) is 5.41 Å². The molecule has 0 aromatic heterocycles. The summed E-state index contributed by atoms with van der Waals surface area (Å²) in [7, 11) is -1.66. The summed E-state index contributed by atoms with van der Waals surface area (Å²) in [5, 5.41) is 2.11. The molecule has 0 saturated carbocycles. The van der Waals surface area contributed by atoms with Gasteiger partial charge in [0.15, 0.2) is 0 Å². The van der Waals surface area contributed by atoms with E-state index in [2.05, 4.69) is 0 Å². The Labute approximate surface area is 75.6 Å². The molecule has 3 aliphatic rings. The molecular formula is C8H8O2S2. The molecule has 4 heteroatoms. The van der Waals surface area contributed by atoms with Gasteiger partial charge in [-0.3, -0.25) is 8.42 Å². The van der Waals surface area contributed by atoms with Crippen LogP contribution in [0.2, 0.25) is 0 Å². The van der Waals surface area contributed by atoms with E-state index in [4.69, 9.17) is 0 Å². The molecule has 2 bridgehead atoms. The fourth-order valence-corrected chi connectivity index (χ4v) is 6.32. The largest absolute Gasteiger partial charge is 0.258 e. The molecule has 1 unspecified atom stereocenters. The summed E-state index contributed by atoms with van der Waals surface area (Å²) >= 11 is 0. The summed E-state index contributed by atoms with van der Waals surface area (Å²) in [6.45, 7) is 0. The SMILES string of the molecule is O=S1[C@@H]2C=C[C@H]1[C@@H]1[C@H]2C=C[S@@]1=O. The fourth-order valence-electron chi connectivity index (χ4n) is 2.25. The second-order valence-electron chi connectivity index (χ2n) is 3.34. The molecule has 12 heavy (non-hydrogen) atoms. The van der Waals surface area contributed by atoms with Crippen molar-refractivity contribution in [3.63, 3.8) is 0 Å². The van der Waals surface area contributed by atoms with E-state index in [1.165, 1.54) is 0 Å². The Kier molecular flexibility index (Phi) is 1.31. The molecule has 3 heterocycles. The highest BCUT2D eigenvalue weighted by molar-refractivity contribution is 7.93. The lowest BCUT2D eigenvalue weighted by Gasteiger charge is -2.15. The first-order valence-electron chi connectivity index (χ1n) is 3.94. The number of hydrogen-bond acceptors (Lipinski definition) is 2. The van der Waals surface area contributed by atoms with Crippen molar-refractivity contribution in [3.05, 3.63) is 23.6 Å². The number of fused-ring (bicyclic) bond motifs is 5. The quantitative estimate of drug-likeness (QED) is 0.528. The van der Waals surface area contributed by atoms with Crippen LogP contribution in [-0.4, -0.2) is 24.2 Å². The van der Waals surface area contributed by atoms with Gasteiger partial charge in [0.25, 0.3) is 0 Å². The van der Waals surface area contributed by atoms with Gasteiger partial charge in [0, 0.05) is 16.7 Å². The second-order valence-corrected chi connectivity index (χ2v) is 6.56. The third kappa shape index (κ3) is 0.661. The predicted octanol–water partition coefficient (Wildman–Crippen LogP) is 0.317. The molecule has 1 fully saturated rings. The molecule has 3 aliphatic heterocycles. The summed E-state index contributed by atoms with van der Waals surface area (Å²) < 4.78 is 23.1. The maximum absolute atomic E-state index is 11.6. The Balaban J connectivity index is 2.13. The number of hydrogen-bond donors (Lipinski definition) is 0. The van der Waals surface area contributed by atoms with Gasteiger partial charge < -0.3 is 0 Å². The molecule has 3 rings (SSSR count). The van der Waals surface area contributed by atoms with Crippen molar-refractivity contribution in [2.24, 2.45) is 5.92 Å². The van der Waals surface area contributed by atoms with Crippen LogP contribution in [0.15, 0.2) is 23.6 Å². The van der Waals surface area contributed by atoms with Crippen LogP contribution in [0, 0.1) is 5.92 Å². The van der Waals surface area contributed by atoms with Crippen molar-refractivity contribution in [1.29, 1.82) is 0 Å². The van der Waals surface area contributed by atoms with Crippen LogP contribution in [0.3, 0.4) is 0 Å². The lowest BCUT2D eigenvalue weighted by Crippen LogP contribution is -2.27. The summed E-state index contributed by atoms with van der Waals surface area (Å²) in [5.41, 5.74) is 0. The number of allylic oxidation sites excluding steroid dienone is 1. The van der Waals surface area contributed by atoms with E-state index in [1.807, 2.05) is 18.2 Å². The van der Waals surface area contributed by atoms with Crippen LogP contribution in [0.1, 0.15) is 0 Å². The fraction of sp³-hybridized carbons (Fsp3) is 0.500. The van der Waals surface area contributed by atoms with Gasteiger partial charge in [-0.25, -0.2) is 0 Å². The highest BCUT2D eigenvalue weighted by Gasteiger charge is 2.53. The molecule has 0 radical (unpaired) electrons. The normalized spacial score (nSPS) is 59.7. The standard InChI is InChI=1S/C8H8O2S2/c9-11-4-3-5-6-1-2-7(8(5)11)12(6)10/h1-8H/t5-,6+,7-,8-,11-,12?/m0/s1. The second kappa shape index (κ2) is 2.17. The Hall–Kier alpha value is -0.220. The van der Waals surface area contributed by atoms with Crippen molar-refractivity contribution in [2.45, 2.75) is 15.7 Å². The van der Waals surface area contributed by atoms with Crippen LogP contribution in [-0.2, 0) is 21.6 Å². The minimum atomic E-state index is -0.873. The van der Waals surface area contributed by atoms with Gasteiger partial charge in [-0.2, -0.15) is 0 Å². The zero-order valence-corrected chi connectivity index (χ0v) is 7.88. The van der Waals surface area contributed by atoms with Gasteiger partial charge in [0.2, 0.25) is 0 Å². The van der Waals surface area contributed by atoms with Gasteiger partial charge in [0.05, 0.1) is 26.5 Å². The van der Waals surface area contributed by atoms with Crippen LogP contribution in [0.5, 0.6) is 0 Å². The van der Waals surface area contributed by atoms with Gasteiger partial charge >= 0.3 is 0 Å². The lowest BCUT2D eigenvalue weighted by molar-refractivity contribution is 0.632. The third-order valence-corrected chi connectivity index (χ3v) is 6.55. The van der Waals surface area contributed by atoms with Crippen molar-refractivity contribution in [2.75, 3.05) is 0 Å². The molecule has 1 saturated heterocycles. The molecule has 0 spiro atoms. The molecule has 6 atom stereocenters. The van der Waals surface area contributed by atoms with E-state index in [0.717, 1.165) is 0 Å². The molecule has 2 nitrogen and oxygen atoms in total. The zero-order valence-electron chi connectivity index (χ0n) is 6.25. The van der Waals surface area contributed by atoms with E-state index in [9.17, 15) is 8.42 Å². The van der Waals surface area contributed by atoms with E-state index < -0.39 is 21.6 Å². The Bertz CT molecular complexity index is 345. The highest BCUT2D eigenvalue weighted by atomic mass is 32.2. The van der Waals surface area contributed by atoms with Crippen molar-refractivity contribution in [1.82, 2.24) is 0 Å². The van der Waals surface area contributed by atoms with Crippen LogP contribution in [0.25, 0.3) is 0 Å². The molecule has 0 aromatic rings. The first-order chi connectivity index (χ1) is 5.79. The summed E-state index contributed by atoms with van der Waals surface area (Å²) in [5.74, 6) is 0.293. The van der Waals surface area contributed by atoms with Crippen LogP contribution in [0.4, 0.5) is 0 Å². The minimum absolute atomic E-state index is 0.0656. The smallest absolute Gasteiger partial charge is 0.0687 e. The average molecular weight is 200 g/mol. The van der Waals surface area contributed by atoms with E-state index in [-0.39, 0.29) is 15.7 Å². The molecule has 64 valence electrons. The maximum atomic E-state index is 11.6. The molecule has 0 aromatic carbocycles. The lowest BCUT2D eigenvalue weighted by atomic mass is 9.94. The summed E-state index contributed by atoms with van der Waals surface area (Å²) in [4.78, 5) is 0. The average Bonchev–Trinajstić information content (AvgIpc) is 2.66. The first-order valence-corrected chi connectivity index (χ1v) is 6.50. The Morgan fingerprint density at radius 1 is 1.00 bits per heavy atom. The van der Waals surface area contributed by atoms with Crippen LogP contribution >= 0.6 is 0 Å². The van der Waals surface area contributed by atoms with Gasteiger partial charge in [0.1, 0.15) is 0 Å². The predicted molar refractivity (Wildman–Crippen MR) is 49.4 cm³/mol. The Morgan fingerprint density at radius 3 is 2.50 bits per heavy atom. The van der Waals surface area contributed by atoms with E-state index >= 15 is 0 Å². The number of rotatable bonds is 0. The first kappa shape index (κ1) is 7.21. The third-order valence-electron chi connectivity index (χ3n) is 2.81. The van der Waals surface area contributed by atoms with Crippen molar-refractivity contribution in [3.8, 4) is 0 Å². The van der Waals surface area contributed by atoms with Gasteiger partial charge in [-0.05, 0) is 5.41 Å². The molecule has 0 amide bonds. The molecule has 0 aliphatic carbocycles. The van der Waals surface area contributed by atoms with Crippen molar-refractivity contribution < 1.29 is 8.42 Å².